The average Bonchev–Trinajstić information content (AvgIpc) is 2.60. The molecule has 2 aromatic rings. The van der Waals surface area contributed by atoms with Gasteiger partial charge in [-0.25, -0.2) is 0 Å². The Morgan fingerprint density at radius 2 is 1.70 bits per heavy atom. The van der Waals surface area contributed by atoms with Crippen molar-refractivity contribution in [2.75, 3.05) is 0 Å². The van der Waals surface area contributed by atoms with Crippen LogP contribution < -0.4 is 11.1 Å². The number of nitrogens with one attached hydrogen (secondary N) is 1. The van der Waals surface area contributed by atoms with Gasteiger partial charge in [0, 0.05) is 6.54 Å². The van der Waals surface area contributed by atoms with Crippen molar-refractivity contribution in [3.8, 4) is 0 Å². The third kappa shape index (κ3) is 5.85. The van der Waals surface area contributed by atoms with Gasteiger partial charge in [0.05, 0.1) is 19.3 Å². The van der Waals surface area contributed by atoms with Gasteiger partial charge in [-0.3, -0.25) is 4.79 Å². The van der Waals surface area contributed by atoms with Crippen LogP contribution in [-0.2, 0) is 29.3 Å². The number of hydrogen-bond donors (Lipinski definition) is 2. The maximum absolute atomic E-state index is 11.7. The molecule has 1 amide bonds. The summed E-state index contributed by atoms with van der Waals surface area (Å²) in [4.78, 5) is 11.7. The number of benzene rings is 2. The van der Waals surface area contributed by atoms with Crippen molar-refractivity contribution in [2.24, 2.45) is 5.73 Å². The number of carbonyl (C=O) groups is 1. The van der Waals surface area contributed by atoms with Crippen LogP contribution in [0, 0.1) is 0 Å². The van der Waals surface area contributed by atoms with E-state index in [1.807, 2.05) is 61.5 Å². The van der Waals surface area contributed by atoms with Crippen LogP contribution in [0.15, 0.2) is 54.6 Å². The fraction of sp³-hybridized carbons (Fsp3) is 0.316. The molecule has 0 unspecified atom stereocenters. The fourth-order valence-corrected chi connectivity index (χ4v) is 2.20. The molecule has 0 radical (unpaired) electrons. The Morgan fingerprint density at radius 1 is 1.04 bits per heavy atom. The van der Waals surface area contributed by atoms with Crippen molar-refractivity contribution in [1.82, 2.24) is 5.32 Å². The summed E-state index contributed by atoms with van der Waals surface area (Å²) in [6, 6.07) is 17.7. The van der Waals surface area contributed by atoms with Gasteiger partial charge in [-0.15, -0.1) is 0 Å². The Kier molecular flexibility index (Phi) is 6.78. The first-order valence-electron chi connectivity index (χ1n) is 7.92. The van der Waals surface area contributed by atoms with Gasteiger partial charge in [0.25, 0.3) is 0 Å². The first-order chi connectivity index (χ1) is 11.2. The molecule has 2 rings (SSSR count). The smallest absolute Gasteiger partial charge is 0.237 e. The third-order valence-corrected chi connectivity index (χ3v) is 3.62. The van der Waals surface area contributed by atoms with Crippen LogP contribution in [0.1, 0.15) is 30.0 Å². The number of amides is 1. The van der Waals surface area contributed by atoms with Crippen LogP contribution in [0.5, 0.6) is 0 Å². The third-order valence-electron chi connectivity index (χ3n) is 3.62. The largest absolute Gasteiger partial charge is 0.372 e. The van der Waals surface area contributed by atoms with Gasteiger partial charge < -0.3 is 15.8 Å². The van der Waals surface area contributed by atoms with E-state index < -0.39 is 6.04 Å². The Morgan fingerprint density at radius 3 is 2.43 bits per heavy atom. The molecular formula is C19H24N2O2. The molecule has 0 fully saturated rings. The monoisotopic (exact) mass is 312 g/mol. The van der Waals surface area contributed by atoms with Crippen LogP contribution >= 0.6 is 0 Å². The number of hydrogen-bond acceptors (Lipinski definition) is 3. The Labute approximate surface area is 137 Å². The first kappa shape index (κ1) is 17.2. The predicted molar refractivity (Wildman–Crippen MR) is 91.5 cm³/mol. The van der Waals surface area contributed by atoms with E-state index in [1.54, 1.807) is 0 Å². The van der Waals surface area contributed by atoms with Crippen molar-refractivity contribution in [2.45, 2.75) is 39.1 Å². The van der Waals surface area contributed by atoms with Crippen molar-refractivity contribution in [3.05, 3.63) is 71.3 Å². The lowest BCUT2D eigenvalue weighted by Crippen LogP contribution is -2.39. The van der Waals surface area contributed by atoms with Crippen LogP contribution in [-0.4, -0.2) is 11.9 Å². The summed E-state index contributed by atoms with van der Waals surface area (Å²) in [5.41, 5.74) is 8.99. The Balaban J connectivity index is 1.81. The molecule has 0 aliphatic heterocycles. The zero-order valence-corrected chi connectivity index (χ0v) is 13.5. The normalized spacial score (nSPS) is 11.9. The predicted octanol–water partition coefficient (Wildman–Crippen LogP) is 2.76. The summed E-state index contributed by atoms with van der Waals surface area (Å²) >= 11 is 0. The van der Waals surface area contributed by atoms with E-state index in [-0.39, 0.29) is 5.91 Å². The first-order valence-corrected chi connectivity index (χ1v) is 7.92. The highest BCUT2D eigenvalue weighted by molar-refractivity contribution is 5.81. The van der Waals surface area contributed by atoms with Crippen molar-refractivity contribution < 1.29 is 9.53 Å². The van der Waals surface area contributed by atoms with E-state index in [4.69, 9.17) is 10.5 Å². The van der Waals surface area contributed by atoms with Crippen molar-refractivity contribution in [3.63, 3.8) is 0 Å². The second-order valence-electron chi connectivity index (χ2n) is 5.53. The molecule has 0 saturated heterocycles. The molecule has 23 heavy (non-hydrogen) atoms. The SMILES string of the molecule is CC[C@H](N)C(=O)NCc1cccc(COCc2ccccc2)c1. The molecule has 122 valence electrons. The highest BCUT2D eigenvalue weighted by atomic mass is 16.5. The minimum absolute atomic E-state index is 0.113. The second kappa shape index (κ2) is 9.08. The second-order valence-corrected chi connectivity index (χ2v) is 5.53. The van der Waals surface area contributed by atoms with E-state index in [1.165, 1.54) is 0 Å². The Hall–Kier alpha value is -2.17. The van der Waals surface area contributed by atoms with Gasteiger partial charge in [0.2, 0.25) is 5.91 Å². The molecule has 2 aromatic carbocycles. The van der Waals surface area contributed by atoms with Crippen LogP contribution in [0.25, 0.3) is 0 Å². The van der Waals surface area contributed by atoms with Gasteiger partial charge in [0.1, 0.15) is 0 Å². The van der Waals surface area contributed by atoms with Gasteiger partial charge in [-0.05, 0) is 23.1 Å². The quantitative estimate of drug-likeness (QED) is 0.788. The van der Waals surface area contributed by atoms with Gasteiger partial charge in [0.15, 0.2) is 0 Å². The molecule has 3 N–H and O–H groups in total. The summed E-state index contributed by atoms with van der Waals surface area (Å²) in [6.45, 7) is 3.52. The molecule has 0 spiro atoms. The fourth-order valence-electron chi connectivity index (χ4n) is 2.20. The summed E-state index contributed by atoms with van der Waals surface area (Å²) < 4.78 is 5.73. The molecule has 1 atom stereocenters. The molecule has 0 heterocycles. The lowest BCUT2D eigenvalue weighted by Gasteiger charge is -2.11. The zero-order valence-electron chi connectivity index (χ0n) is 13.5. The van der Waals surface area contributed by atoms with E-state index in [0.29, 0.717) is 26.2 Å². The van der Waals surface area contributed by atoms with Crippen LogP contribution in [0.4, 0.5) is 0 Å². The highest BCUT2D eigenvalue weighted by Crippen LogP contribution is 2.09. The van der Waals surface area contributed by atoms with Gasteiger partial charge >= 0.3 is 0 Å². The summed E-state index contributed by atoms with van der Waals surface area (Å²) in [5.74, 6) is -0.113. The zero-order chi connectivity index (χ0) is 16.5. The molecule has 0 aliphatic rings. The topological polar surface area (TPSA) is 64.4 Å². The number of carbonyl (C=O) groups excluding carboxylic acids is 1. The van der Waals surface area contributed by atoms with Gasteiger partial charge in [-0.1, -0.05) is 61.5 Å². The number of ether oxygens (including phenoxy) is 1. The van der Waals surface area contributed by atoms with Crippen LogP contribution in [0.3, 0.4) is 0 Å². The molecular weight excluding hydrogens is 288 g/mol. The highest BCUT2D eigenvalue weighted by Gasteiger charge is 2.09. The minimum atomic E-state index is -0.438. The molecule has 0 aliphatic carbocycles. The van der Waals surface area contributed by atoms with Crippen molar-refractivity contribution >= 4 is 5.91 Å². The average molecular weight is 312 g/mol. The molecule has 0 bridgehead atoms. The van der Waals surface area contributed by atoms with E-state index in [9.17, 15) is 4.79 Å². The van der Waals surface area contributed by atoms with Gasteiger partial charge in [-0.2, -0.15) is 0 Å². The Bertz CT molecular complexity index is 614. The molecule has 0 saturated carbocycles. The summed E-state index contributed by atoms with van der Waals surface area (Å²) in [7, 11) is 0. The molecule has 4 heteroatoms. The maximum atomic E-state index is 11.7. The van der Waals surface area contributed by atoms with E-state index in [2.05, 4.69) is 5.32 Å². The standard InChI is InChI=1S/C19H24N2O2/c1-2-18(20)19(22)21-12-16-9-6-10-17(11-16)14-23-13-15-7-4-3-5-8-15/h3-11,18H,2,12-14,20H2,1H3,(H,21,22)/t18-/m0/s1. The number of rotatable bonds is 8. The van der Waals surface area contributed by atoms with E-state index in [0.717, 1.165) is 16.7 Å². The number of nitrogens with two attached hydrogens (primary N) is 1. The van der Waals surface area contributed by atoms with E-state index >= 15 is 0 Å². The minimum Gasteiger partial charge on any atom is -0.372 e. The summed E-state index contributed by atoms with van der Waals surface area (Å²) in [5, 5.41) is 2.85. The maximum Gasteiger partial charge on any atom is 0.237 e. The van der Waals surface area contributed by atoms with Crippen molar-refractivity contribution in [1.29, 1.82) is 0 Å². The molecule has 4 nitrogen and oxygen atoms in total. The summed E-state index contributed by atoms with van der Waals surface area (Å²) in [6.07, 6.45) is 0.638. The lowest BCUT2D eigenvalue weighted by molar-refractivity contribution is -0.122. The lowest BCUT2D eigenvalue weighted by atomic mass is 10.1. The van der Waals surface area contributed by atoms with Crippen LogP contribution in [0.2, 0.25) is 0 Å². The molecule has 0 aromatic heterocycles.